The molecule has 2 atom stereocenters. The molecule has 1 aromatic heterocycles. The van der Waals surface area contributed by atoms with Crippen LogP contribution in [0.3, 0.4) is 0 Å². The van der Waals surface area contributed by atoms with Crippen molar-refractivity contribution in [1.82, 2.24) is 9.29 Å². The number of nitrogens with zero attached hydrogens (tertiary/aromatic N) is 2. The normalized spacial score (nSPS) is 20.3. The molecule has 4 rings (SSSR count). The number of fused-ring (bicyclic) bond motifs is 1. The lowest BCUT2D eigenvalue weighted by Crippen LogP contribution is -2.48. The van der Waals surface area contributed by atoms with E-state index in [1.165, 1.54) is 39.9 Å². The summed E-state index contributed by atoms with van der Waals surface area (Å²) in [4.78, 5) is 16.9. The highest BCUT2D eigenvalue weighted by Crippen LogP contribution is 2.23. The number of esters is 1. The number of sulfonamides is 1. The van der Waals surface area contributed by atoms with E-state index in [1.807, 2.05) is 38.1 Å². The summed E-state index contributed by atoms with van der Waals surface area (Å²) < 4.78 is 39.2. The molecule has 1 saturated heterocycles. The third-order valence-electron chi connectivity index (χ3n) is 4.78. The summed E-state index contributed by atoms with van der Waals surface area (Å²) in [6.07, 6.45) is -0.333. The zero-order valence-electron chi connectivity index (χ0n) is 16.6. The van der Waals surface area contributed by atoms with E-state index in [4.69, 9.17) is 9.47 Å². The van der Waals surface area contributed by atoms with Gasteiger partial charge >= 0.3 is 5.97 Å². The topological polar surface area (TPSA) is 85.8 Å². The number of ether oxygens (including phenoxy) is 2. The Balaban J connectivity index is 1.42. The number of carbonyl (C=O) groups excluding carboxylic acids is 1. The summed E-state index contributed by atoms with van der Waals surface area (Å²) in [7, 11) is -3.65. The van der Waals surface area contributed by atoms with Crippen LogP contribution in [0.1, 0.15) is 29.2 Å². The smallest absolute Gasteiger partial charge is 0.338 e. The van der Waals surface area contributed by atoms with Gasteiger partial charge in [-0.1, -0.05) is 12.1 Å². The van der Waals surface area contributed by atoms with Crippen LogP contribution in [0.25, 0.3) is 10.2 Å². The van der Waals surface area contributed by atoms with Crippen molar-refractivity contribution in [2.45, 2.75) is 37.6 Å². The third kappa shape index (κ3) is 4.39. The molecule has 30 heavy (non-hydrogen) atoms. The number of hydrogen-bond donors (Lipinski definition) is 0. The summed E-state index contributed by atoms with van der Waals surface area (Å²) in [6, 6.07) is 13.5. The minimum atomic E-state index is -3.65. The molecule has 7 nitrogen and oxygen atoms in total. The van der Waals surface area contributed by atoms with Gasteiger partial charge in [0.1, 0.15) is 11.6 Å². The van der Waals surface area contributed by atoms with E-state index in [2.05, 4.69) is 4.98 Å². The molecule has 3 aromatic rings. The fourth-order valence-electron chi connectivity index (χ4n) is 3.43. The van der Waals surface area contributed by atoms with Gasteiger partial charge in [-0.2, -0.15) is 4.31 Å². The molecule has 2 unspecified atom stereocenters. The van der Waals surface area contributed by atoms with Crippen molar-refractivity contribution in [2.24, 2.45) is 0 Å². The highest BCUT2D eigenvalue weighted by Gasteiger charge is 2.32. The molecule has 158 valence electrons. The van der Waals surface area contributed by atoms with Crippen molar-refractivity contribution in [3.8, 4) is 0 Å². The van der Waals surface area contributed by atoms with Gasteiger partial charge in [0.15, 0.2) is 0 Å². The van der Waals surface area contributed by atoms with Crippen LogP contribution < -0.4 is 0 Å². The van der Waals surface area contributed by atoms with Gasteiger partial charge in [-0.3, -0.25) is 0 Å². The highest BCUT2D eigenvalue weighted by atomic mass is 32.2. The lowest BCUT2D eigenvalue weighted by molar-refractivity contribution is -0.0440. The molecule has 1 aliphatic rings. The Morgan fingerprint density at radius 1 is 1.13 bits per heavy atom. The van der Waals surface area contributed by atoms with Crippen molar-refractivity contribution in [1.29, 1.82) is 0 Å². The first-order valence-corrected chi connectivity index (χ1v) is 11.9. The SMILES string of the molecule is CC1CN(S(=O)(=O)c2ccc(C(=O)OCc3nc4ccccc4s3)cc2)CC(C)O1. The molecule has 0 amide bonds. The average Bonchev–Trinajstić information content (AvgIpc) is 3.14. The molecular formula is C21H22N2O5S2. The maximum absolute atomic E-state index is 12.9. The van der Waals surface area contributed by atoms with Crippen molar-refractivity contribution < 1.29 is 22.7 Å². The third-order valence-corrected chi connectivity index (χ3v) is 7.63. The number of para-hydroxylation sites is 1. The van der Waals surface area contributed by atoms with Gasteiger partial charge in [0, 0.05) is 13.1 Å². The maximum atomic E-state index is 12.9. The van der Waals surface area contributed by atoms with Gasteiger partial charge in [0.05, 0.1) is 32.9 Å². The second kappa shape index (κ2) is 8.43. The second-order valence-electron chi connectivity index (χ2n) is 7.26. The van der Waals surface area contributed by atoms with Crippen molar-refractivity contribution in [3.05, 3.63) is 59.1 Å². The van der Waals surface area contributed by atoms with Crippen LogP contribution in [0.15, 0.2) is 53.4 Å². The summed E-state index contributed by atoms with van der Waals surface area (Å²) in [5.74, 6) is -0.521. The van der Waals surface area contributed by atoms with Gasteiger partial charge in [0.2, 0.25) is 10.0 Å². The highest BCUT2D eigenvalue weighted by molar-refractivity contribution is 7.89. The van der Waals surface area contributed by atoms with Crippen LogP contribution in [0.5, 0.6) is 0 Å². The van der Waals surface area contributed by atoms with Crippen LogP contribution in [-0.2, 0) is 26.1 Å². The first-order valence-electron chi connectivity index (χ1n) is 9.60. The molecule has 0 aliphatic carbocycles. The van der Waals surface area contributed by atoms with Gasteiger partial charge in [0.25, 0.3) is 0 Å². The van der Waals surface area contributed by atoms with Crippen LogP contribution >= 0.6 is 11.3 Å². The zero-order chi connectivity index (χ0) is 21.3. The van der Waals surface area contributed by atoms with E-state index < -0.39 is 16.0 Å². The second-order valence-corrected chi connectivity index (χ2v) is 10.3. The molecule has 1 aliphatic heterocycles. The monoisotopic (exact) mass is 446 g/mol. The van der Waals surface area contributed by atoms with Gasteiger partial charge in [-0.05, 0) is 50.2 Å². The first kappa shape index (κ1) is 20.9. The van der Waals surface area contributed by atoms with E-state index in [0.29, 0.717) is 23.7 Å². The molecular weight excluding hydrogens is 424 g/mol. The molecule has 2 aromatic carbocycles. The molecule has 0 saturated carbocycles. The van der Waals surface area contributed by atoms with E-state index >= 15 is 0 Å². The van der Waals surface area contributed by atoms with E-state index in [9.17, 15) is 13.2 Å². The predicted molar refractivity (Wildman–Crippen MR) is 114 cm³/mol. The van der Waals surface area contributed by atoms with Crippen LogP contribution in [0.2, 0.25) is 0 Å². The molecule has 1 fully saturated rings. The lowest BCUT2D eigenvalue weighted by Gasteiger charge is -2.34. The largest absolute Gasteiger partial charge is 0.455 e. The number of morpholine rings is 1. The lowest BCUT2D eigenvalue weighted by atomic mass is 10.2. The molecule has 0 bridgehead atoms. The van der Waals surface area contributed by atoms with Crippen LogP contribution in [-0.4, -0.2) is 49.0 Å². The molecule has 2 heterocycles. The van der Waals surface area contributed by atoms with Crippen LogP contribution in [0, 0.1) is 0 Å². The van der Waals surface area contributed by atoms with E-state index in [-0.39, 0.29) is 23.7 Å². The summed E-state index contributed by atoms with van der Waals surface area (Å²) in [5, 5.41) is 0.708. The Hall–Kier alpha value is -2.33. The summed E-state index contributed by atoms with van der Waals surface area (Å²) >= 11 is 1.47. The van der Waals surface area contributed by atoms with E-state index in [1.54, 1.807) is 0 Å². The Kier molecular flexibility index (Phi) is 5.88. The van der Waals surface area contributed by atoms with Crippen molar-refractivity contribution >= 4 is 37.5 Å². The minimum absolute atomic E-state index is 0.0712. The van der Waals surface area contributed by atoms with Crippen LogP contribution in [0.4, 0.5) is 0 Å². The fraction of sp³-hybridized carbons (Fsp3) is 0.333. The molecule has 9 heteroatoms. The molecule has 0 spiro atoms. The summed E-state index contributed by atoms with van der Waals surface area (Å²) in [5.41, 5.74) is 1.16. The number of thiazole rings is 1. The van der Waals surface area contributed by atoms with Crippen molar-refractivity contribution in [3.63, 3.8) is 0 Å². The first-order chi connectivity index (χ1) is 14.3. The Bertz CT molecular complexity index is 1110. The molecule has 0 radical (unpaired) electrons. The Morgan fingerprint density at radius 2 is 1.80 bits per heavy atom. The van der Waals surface area contributed by atoms with Gasteiger partial charge in [-0.25, -0.2) is 18.2 Å². The maximum Gasteiger partial charge on any atom is 0.338 e. The quantitative estimate of drug-likeness (QED) is 0.558. The zero-order valence-corrected chi connectivity index (χ0v) is 18.3. The average molecular weight is 447 g/mol. The number of aromatic nitrogens is 1. The fourth-order valence-corrected chi connectivity index (χ4v) is 5.90. The standard InChI is InChI=1S/C21H22N2O5S2/c1-14-11-23(12-15(2)28-14)30(25,26)17-9-7-16(8-10-17)21(24)27-13-20-22-18-5-3-4-6-19(18)29-20/h3-10,14-15H,11-13H2,1-2H3. The molecule has 0 N–H and O–H groups in total. The summed E-state index contributed by atoms with van der Waals surface area (Å²) in [6.45, 7) is 4.38. The predicted octanol–water partition coefficient (Wildman–Crippen LogP) is 3.45. The van der Waals surface area contributed by atoms with Gasteiger partial charge < -0.3 is 9.47 Å². The van der Waals surface area contributed by atoms with Crippen molar-refractivity contribution in [2.75, 3.05) is 13.1 Å². The number of benzene rings is 2. The number of carbonyl (C=O) groups is 1. The minimum Gasteiger partial charge on any atom is -0.455 e. The van der Waals surface area contributed by atoms with Gasteiger partial charge in [-0.15, -0.1) is 11.3 Å². The Morgan fingerprint density at radius 3 is 2.47 bits per heavy atom. The number of hydrogen-bond acceptors (Lipinski definition) is 7. The number of rotatable bonds is 5. The Labute approximate surface area is 179 Å². The van der Waals surface area contributed by atoms with E-state index in [0.717, 1.165) is 10.2 Å².